The van der Waals surface area contributed by atoms with Gasteiger partial charge in [0.1, 0.15) is 10.5 Å². The first-order valence-corrected chi connectivity index (χ1v) is 9.95. The maximum atomic E-state index is 13.1. The number of pyridine rings is 1. The van der Waals surface area contributed by atoms with E-state index in [-0.39, 0.29) is 17.3 Å². The van der Waals surface area contributed by atoms with Crippen molar-refractivity contribution >= 4 is 45.1 Å². The van der Waals surface area contributed by atoms with Crippen molar-refractivity contribution in [1.29, 1.82) is 0 Å². The molecule has 0 aromatic carbocycles. The van der Waals surface area contributed by atoms with Gasteiger partial charge in [0.2, 0.25) is 10.0 Å². The molecule has 2 fully saturated rings. The van der Waals surface area contributed by atoms with Crippen LogP contribution in [0.5, 0.6) is 0 Å². The number of aromatic nitrogens is 2. The van der Waals surface area contributed by atoms with Crippen molar-refractivity contribution in [2.24, 2.45) is 0 Å². The number of hydrogen-bond acceptors (Lipinski definition) is 5. The molecule has 4 rings (SSSR count). The Bertz CT molecular complexity index is 851. The molecule has 0 amide bonds. The summed E-state index contributed by atoms with van der Waals surface area (Å²) < 4.78 is 27.7. The van der Waals surface area contributed by atoms with Crippen LogP contribution in [0.4, 0.5) is 0 Å². The van der Waals surface area contributed by atoms with Gasteiger partial charge in [0, 0.05) is 57.7 Å². The van der Waals surface area contributed by atoms with Crippen molar-refractivity contribution in [1.82, 2.24) is 24.5 Å². The summed E-state index contributed by atoms with van der Waals surface area (Å²) in [4.78, 5) is 9.67. The maximum absolute atomic E-state index is 13.1. The molecule has 7 nitrogen and oxygen atoms in total. The first-order valence-electron chi connectivity index (χ1n) is 8.14. The zero-order chi connectivity index (χ0) is 16.7. The lowest BCUT2D eigenvalue weighted by Gasteiger charge is -2.32. The van der Waals surface area contributed by atoms with Gasteiger partial charge in [0.25, 0.3) is 0 Å². The lowest BCUT2D eigenvalue weighted by Crippen LogP contribution is -2.49. The molecule has 25 heavy (non-hydrogen) atoms. The minimum absolute atomic E-state index is 0. The predicted molar refractivity (Wildman–Crippen MR) is 100.0 cm³/mol. The molecule has 2 aromatic rings. The van der Waals surface area contributed by atoms with Crippen molar-refractivity contribution in [3.63, 3.8) is 0 Å². The molecule has 10 heteroatoms. The standard InChI is InChI=1S/C15H20ClN5O2S.ClH/c16-12-1-3-18-15-14(12)13(9-19-15)24(22,23)21-6-2-11(10-21)20-7-4-17-5-8-20;/h1,3,9,11,17H,2,4-8,10H2,(H,18,19);1H. The third-order valence-corrected chi connectivity index (χ3v) is 7.10. The normalized spacial score (nSPS) is 23.0. The molecular weight excluding hydrogens is 385 g/mol. The summed E-state index contributed by atoms with van der Waals surface area (Å²) in [7, 11) is -3.58. The van der Waals surface area contributed by atoms with E-state index < -0.39 is 10.0 Å². The predicted octanol–water partition coefficient (Wildman–Crippen LogP) is 1.31. The number of H-pyrrole nitrogens is 1. The van der Waals surface area contributed by atoms with Crippen LogP contribution < -0.4 is 5.32 Å². The molecule has 0 saturated carbocycles. The molecule has 2 aliphatic rings. The molecule has 2 aromatic heterocycles. The van der Waals surface area contributed by atoms with Crippen molar-refractivity contribution < 1.29 is 8.42 Å². The first kappa shape index (κ1) is 18.9. The summed E-state index contributed by atoms with van der Waals surface area (Å²) in [5.41, 5.74) is 0.499. The van der Waals surface area contributed by atoms with E-state index in [2.05, 4.69) is 20.2 Å². The Morgan fingerprint density at radius 2 is 2.00 bits per heavy atom. The van der Waals surface area contributed by atoms with E-state index in [4.69, 9.17) is 11.6 Å². The number of nitrogens with one attached hydrogen (secondary N) is 2. The minimum atomic E-state index is -3.58. The highest BCUT2D eigenvalue weighted by molar-refractivity contribution is 7.89. The van der Waals surface area contributed by atoms with Crippen LogP contribution in [0.15, 0.2) is 23.4 Å². The maximum Gasteiger partial charge on any atom is 0.245 e. The Morgan fingerprint density at radius 3 is 2.76 bits per heavy atom. The molecule has 0 spiro atoms. The smallest absolute Gasteiger partial charge is 0.245 e. The van der Waals surface area contributed by atoms with Gasteiger partial charge in [-0.2, -0.15) is 4.31 Å². The summed E-state index contributed by atoms with van der Waals surface area (Å²) in [5.74, 6) is 0. The second-order valence-electron chi connectivity index (χ2n) is 6.26. The van der Waals surface area contributed by atoms with Gasteiger partial charge in [-0.3, -0.25) is 4.90 Å². The van der Waals surface area contributed by atoms with Crippen LogP contribution in [-0.4, -0.2) is 72.9 Å². The second kappa shape index (κ2) is 7.38. The quantitative estimate of drug-likeness (QED) is 0.804. The number of hydrogen-bond donors (Lipinski definition) is 2. The van der Waals surface area contributed by atoms with Gasteiger partial charge in [-0.1, -0.05) is 11.6 Å². The average molecular weight is 406 g/mol. The molecular formula is C15H21Cl2N5O2S. The van der Waals surface area contributed by atoms with Crippen LogP contribution in [0.1, 0.15) is 6.42 Å². The summed E-state index contributed by atoms with van der Waals surface area (Å²) >= 11 is 6.21. The van der Waals surface area contributed by atoms with Gasteiger partial charge < -0.3 is 10.3 Å². The van der Waals surface area contributed by atoms with Crippen molar-refractivity contribution in [2.45, 2.75) is 17.4 Å². The van der Waals surface area contributed by atoms with Gasteiger partial charge in [0.15, 0.2) is 0 Å². The average Bonchev–Trinajstić information content (AvgIpc) is 3.24. The molecule has 1 atom stereocenters. The van der Waals surface area contributed by atoms with Crippen molar-refractivity contribution in [2.75, 3.05) is 39.3 Å². The molecule has 2 N–H and O–H groups in total. The fourth-order valence-electron chi connectivity index (χ4n) is 3.60. The summed E-state index contributed by atoms with van der Waals surface area (Å²) in [6.45, 7) is 4.96. The number of aromatic amines is 1. The van der Waals surface area contributed by atoms with E-state index >= 15 is 0 Å². The zero-order valence-electron chi connectivity index (χ0n) is 13.6. The number of rotatable bonds is 3. The highest BCUT2D eigenvalue weighted by Crippen LogP contribution is 2.32. The van der Waals surface area contributed by atoms with E-state index in [0.29, 0.717) is 35.2 Å². The minimum Gasteiger partial charge on any atom is -0.345 e. The molecule has 4 heterocycles. The Hall–Kier alpha value is -0.900. The number of nitrogens with zero attached hydrogens (tertiary/aromatic N) is 3. The van der Waals surface area contributed by atoms with E-state index in [0.717, 1.165) is 32.6 Å². The van der Waals surface area contributed by atoms with E-state index in [1.54, 1.807) is 16.6 Å². The molecule has 138 valence electrons. The summed E-state index contributed by atoms with van der Waals surface area (Å²) in [5, 5.41) is 4.21. The summed E-state index contributed by atoms with van der Waals surface area (Å²) in [6, 6.07) is 1.91. The van der Waals surface area contributed by atoms with E-state index in [1.165, 1.54) is 6.20 Å². The summed E-state index contributed by atoms with van der Waals surface area (Å²) in [6.07, 6.45) is 3.93. The molecule has 0 bridgehead atoms. The van der Waals surface area contributed by atoms with Gasteiger partial charge in [-0.15, -0.1) is 12.4 Å². The zero-order valence-corrected chi connectivity index (χ0v) is 16.0. The third kappa shape index (κ3) is 3.39. The number of piperazine rings is 1. The van der Waals surface area contributed by atoms with Crippen molar-refractivity contribution in [3.05, 3.63) is 23.5 Å². The van der Waals surface area contributed by atoms with Gasteiger partial charge in [0.05, 0.1) is 10.4 Å². The van der Waals surface area contributed by atoms with E-state index in [1.807, 2.05) is 0 Å². The Kier molecular flexibility index (Phi) is 5.57. The van der Waals surface area contributed by atoms with Gasteiger partial charge in [-0.05, 0) is 12.5 Å². The highest BCUT2D eigenvalue weighted by atomic mass is 35.5. The van der Waals surface area contributed by atoms with Crippen LogP contribution in [0.3, 0.4) is 0 Å². The third-order valence-electron chi connectivity index (χ3n) is 4.90. The Labute approximate surface area is 158 Å². The van der Waals surface area contributed by atoms with Crippen molar-refractivity contribution in [3.8, 4) is 0 Å². The monoisotopic (exact) mass is 405 g/mol. The fourth-order valence-corrected chi connectivity index (χ4v) is 5.57. The molecule has 2 aliphatic heterocycles. The largest absolute Gasteiger partial charge is 0.345 e. The highest BCUT2D eigenvalue weighted by Gasteiger charge is 2.37. The van der Waals surface area contributed by atoms with Gasteiger partial charge >= 0.3 is 0 Å². The van der Waals surface area contributed by atoms with Gasteiger partial charge in [-0.25, -0.2) is 13.4 Å². The molecule has 1 unspecified atom stereocenters. The number of halogens is 2. The topological polar surface area (TPSA) is 81.3 Å². The SMILES string of the molecule is Cl.O=S(=O)(c1c[nH]c2nccc(Cl)c12)N1CCC(N2CCNCC2)C1. The van der Waals surface area contributed by atoms with Crippen LogP contribution in [0.2, 0.25) is 5.02 Å². The first-order chi connectivity index (χ1) is 11.6. The Morgan fingerprint density at radius 1 is 1.24 bits per heavy atom. The Balaban J connectivity index is 0.00000182. The number of fused-ring (bicyclic) bond motifs is 1. The van der Waals surface area contributed by atoms with Crippen LogP contribution >= 0.6 is 24.0 Å². The lowest BCUT2D eigenvalue weighted by atomic mass is 10.2. The second-order valence-corrected chi connectivity index (χ2v) is 8.57. The molecule has 0 aliphatic carbocycles. The van der Waals surface area contributed by atoms with Crippen LogP contribution in [0, 0.1) is 0 Å². The lowest BCUT2D eigenvalue weighted by molar-refractivity contribution is 0.179. The fraction of sp³-hybridized carbons (Fsp3) is 0.533. The van der Waals surface area contributed by atoms with E-state index in [9.17, 15) is 8.42 Å². The molecule has 2 saturated heterocycles. The number of sulfonamides is 1. The van der Waals surface area contributed by atoms with Crippen LogP contribution in [0.25, 0.3) is 11.0 Å². The molecule has 0 radical (unpaired) electrons. The van der Waals surface area contributed by atoms with Crippen LogP contribution in [-0.2, 0) is 10.0 Å².